The molecule has 1 aromatic heterocycles. The average molecular weight is 335 g/mol. The number of nitrogens with one attached hydrogen (secondary N) is 1. The first-order valence-corrected chi connectivity index (χ1v) is 9.07. The molecule has 0 saturated carbocycles. The maximum atomic E-state index is 12.3. The zero-order valence-electron chi connectivity index (χ0n) is 14.7. The molecular formula is C17H29N5O2. The number of aromatic nitrogens is 3. The van der Waals surface area contributed by atoms with Crippen LogP contribution in [0.1, 0.15) is 33.1 Å². The van der Waals surface area contributed by atoms with Gasteiger partial charge in [-0.15, -0.1) is 10.2 Å². The Bertz CT molecular complexity index is 513. The van der Waals surface area contributed by atoms with E-state index < -0.39 is 0 Å². The van der Waals surface area contributed by atoms with Gasteiger partial charge in [0.25, 0.3) is 0 Å². The number of aryl methyl sites for hydroxylation is 1. The van der Waals surface area contributed by atoms with Gasteiger partial charge in [-0.25, -0.2) is 0 Å². The zero-order chi connectivity index (χ0) is 16.9. The summed E-state index contributed by atoms with van der Waals surface area (Å²) in [5, 5.41) is 10.8. The summed E-state index contributed by atoms with van der Waals surface area (Å²) in [6, 6.07) is 0.861. The van der Waals surface area contributed by atoms with E-state index in [9.17, 15) is 4.79 Å². The lowest BCUT2D eigenvalue weighted by Crippen LogP contribution is -2.43. The van der Waals surface area contributed by atoms with Crippen LogP contribution in [0, 0.1) is 11.8 Å². The van der Waals surface area contributed by atoms with Crippen molar-refractivity contribution < 1.29 is 9.53 Å². The highest BCUT2D eigenvalue weighted by Crippen LogP contribution is 2.28. The average Bonchev–Trinajstić information content (AvgIpc) is 3.23. The number of rotatable bonds is 6. The second-order valence-corrected chi connectivity index (χ2v) is 7.33. The van der Waals surface area contributed by atoms with Gasteiger partial charge in [0.1, 0.15) is 12.7 Å². The van der Waals surface area contributed by atoms with Crippen molar-refractivity contribution in [1.82, 2.24) is 25.0 Å². The van der Waals surface area contributed by atoms with Gasteiger partial charge in [0.2, 0.25) is 5.91 Å². The van der Waals surface area contributed by atoms with Gasteiger partial charge in [0.05, 0.1) is 0 Å². The summed E-state index contributed by atoms with van der Waals surface area (Å²) < 4.78 is 7.32. The van der Waals surface area contributed by atoms with Crippen molar-refractivity contribution in [2.75, 3.05) is 26.3 Å². The lowest BCUT2D eigenvalue weighted by atomic mass is 9.91. The van der Waals surface area contributed by atoms with Gasteiger partial charge in [-0.3, -0.25) is 9.69 Å². The van der Waals surface area contributed by atoms with E-state index >= 15 is 0 Å². The summed E-state index contributed by atoms with van der Waals surface area (Å²) >= 11 is 0. The van der Waals surface area contributed by atoms with E-state index in [0.717, 1.165) is 39.1 Å². The summed E-state index contributed by atoms with van der Waals surface area (Å²) in [4.78, 5) is 14.9. The number of likely N-dealkylation sites (tertiary alicyclic amines) is 1. The standard InChI is InChI=1S/C17H29N5O2/c1-13(2)15-9-22(14-4-7-24-8-5-14)10-16(15)20-17(23)3-6-21-11-18-19-12-21/h11-16H,3-10H2,1-2H3,(H,20,23)/t15-,16+/m0/s1. The predicted molar refractivity (Wildman–Crippen MR) is 90.3 cm³/mol. The molecule has 2 aliphatic rings. The molecule has 2 fully saturated rings. The predicted octanol–water partition coefficient (Wildman–Crippen LogP) is 0.920. The van der Waals surface area contributed by atoms with Gasteiger partial charge < -0.3 is 14.6 Å². The summed E-state index contributed by atoms with van der Waals surface area (Å²) in [6.45, 7) is 8.92. The van der Waals surface area contributed by atoms with Crippen molar-refractivity contribution >= 4 is 5.91 Å². The molecule has 0 radical (unpaired) electrons. The summed E-state index contributed by atoms with van der Waals surface area (Å²) in [5.41, 5.74) is 0. The Morgan fingerprint density at radius 2 is 1.96 bits per heavy atom. The first-order valence-electron chi connectivity index (χ1n) is 9.07. The van der Waals surface area contributed by atoms with Crippen LogP contribution in [0.4, 0.5) is 0 Å². The van der Waals surface area contributed by atoms with Gasteiger partial charge in [-0.05, 0) is 24.7 Å². The number of hydrogen-bond acceptors (Lipinski definition) is 5. The Hall–Kier alpha value is -1.47. The van der Waals surface area contributed by atoms with E-state index in [1.54, 1.807) is 12.7 Å². The molecule has 1 amide bonds. The normalized spacial score (nSPS) is 26.1. The van der Waals surface area contributed by atoms with Crippen molar-refractivity contribution in [2.45, 2.75) is 51.7 Å². The van der Waals surface area contributed by atoms with Gasteiger partial charge in [0, 0.05) is 51.4 Å². The lowest BCUT2D eigenvalue weighted by molar-refractivity contribution is -0.122. The van der Waals surface area contributed by atoms with Gasteiger partial charge in [0.15, 0.2) is 0 Å². The van der Waals surface area contributed by atoms with Crippen LogP contribution in [0.25, 0.3) is 0 Å². The Kier molecular flexibility index (Phi) is 5.84. The molecule has 0 bridgehead atoms. The summed E-state index contributed by atoms with van der Waals surface area (Å²) in [7, 11) is 0. The molecule has 2 aliphatic heterocycles. The van der Waals surface area contributed by atoms with Crippen LogP contribution in [0.2, 0.25) is 0 Å². The first-order chi connectivity index (χ1) is 11.6. The molecule has 2 atom stereocenters. The third kappa shape index (κ3) is 4.33. The van der Waals surface area contributed by atoms with Crippen molar-refractivity contribution in [1.29, 1.82) is 0 Å². The SMILES string of the molecule is CC(C)[C@@H]1CN(C2CCOCC2)C[C@H]1NC(=O)CCn1cnnc1. The van der Waals surface area contributed by atoms with Crippen molar-refractivity contribution in [2.24, 2.45) is 11.8 Å². The molecular weight excluding hydrogens is 306 g/mol. The lowest BCUT2D eigenvalue weighted by Gasteiger charge is -2.31. The minimum atomic E-state index is 0.119. The molecule has 0 spiro atoms. The van der Waals surface area contributed by atoms with E-state index in [4.69, 9.17) is 4.74 Å². The molecule has 134 valence electrons. The second kappa shape index (κ2) is 8.07. The monoisotopic (exact) mass is 335 g/mol. The highest BCUT2D eigenvalue weighted by molar-refractivity contribution is 5.76. The van der Waals surface area contributed by atoms with E-state index in [0.29, 0.717) is 30.8 Å². The van der Waals surface area contributed by atoms with Crippen molar-refractivity contribution in [3.8, 4) is 0 Å². The smallest absolute Gasteiger partial charge is 0.222 e. The molecule has 3 heterocycles. The van der Waals surface area contributed by atoms with Gasteiger partial charge in [-0.1, -0.05) is 13.8 Å². The fourth-order valence-corrected chi connectivity index (χ4v) is 3.88. The van der Waals surface area contributed by atoms with Crippen molar-refractivity contribution in [3.63, 3.8) is 0 Å². The van der Waals surface area contributed by atoms with Gasteiger partial charge in [-0.2, -0.15) is 0 Å². The van der Waals surface area contributed by atoms with Crippen LogP contribution in [-0.4, -0.2) is 64.0 Å². The molecule has 0 aromatic carbocycles. The van der Waals surface area contributed by atoms with E-state index in [1.165, 1.54) is 0 Å². The highest BCUT2D eigenvalue weighted by atomic mass is 16.5. The van der Waals surface area contributed by atoms with E-state index in [2.05, 4.69) is 34.3 Å². The molecule has 2 saturated heterocycles. The van der Waals surface area contributed by atoms with Crippen LogP contribution in [0.5, 0.6) is 0 Å². The minimum Gasteiger partial charge on any atom is -0.381 e. The topological polar surface area (TPSA) is 72.3 Å². The molecule has 0 aliphatic carbocycles. The second-order valence-electron chi connectivity index (χ2n) is 7.33. The third-order valence-electron chi connectivity index (χ3n) is 5.37. The van der Waals surface area contributed by atoms with Crippen LogP contribution in [-0.2, 0) is 16.1 Å². The molecule has 24 heavy (non-hydrogen) atoms. The number of carbonyl (C=O) groups excluding carboxylic acids is 1. The van der Waals surface area contributed by atoms with Gasteiger partial charge >= 0.3 is 0 Å². The maximum absolute atomic E-state index is 12.3. The molecule has 7 heteroatoms. The summed E-state index contributed by atoms with van der Waals surface area (Å²) in [6.07, 6.45) is 5.98. The number of amides is 1. The highest BCUT2D eigenvalue weighted by Gasteiger charge is 2.38. The van der Waals surface area contributed by atoms with Crippen LogP contribution >= 0.6 is 0 Å². The zero-order valence-corrected chi connectivity index (χ0v) is 14.7. The van der Waals surface area contributed by atoms with Crippen molar-refractivity contribution in [3.05, 3.63) is 12.7 Å². The van der Waals surface area contributed by atoms with E-state index in [1.807, 2.05) is 4.57 Å². The Balaban J connectivity index is 1.52. The quantitative estimate of drug-likeness (QED) is 0.837. The molecule has 0 unspecified atom stereocenters. The minimum absolute atomic E-state index is 0.119. The molecule has 7 nitrogen and oxygen atoms in total. The number of carbonyl (C=O) groups is 1. The third-order valence-corrected chi connectivity index (χ3v) is 5.37. The Morgan fingerprint density at radius 3 is 2.62 bits per heavy atom. The molecule has 1 aromatic rings. The number of ether oxygens (including phenoxy) is 1. The van der Waals surface area contributed by atoms with Crippen LogP contribution < -0.4 is 5.32 Å². The Morgan fingerprint density at radius 1 is 1.25 bits per heavy atom. The molecule has 1 N–H and O–H groups in total. The Labute approximate surface area is 143 Å². The first kappa shape index (κ1) is 17.4. The number of nitrogens with zero attached hydrogens (tertiary/aromatic N) is 4. The molecule has 3 rings (SSSR count). The van der Waals surface area contributed by atoms with Crippen LogP contribution in [0.3, 0.4) is 0 Å². The fraction of sp³-hybridized carbons (Fsp3) is 0.824. The maximum Gasteiger partial charge on any atom is 0.222 e. The number of hydrogen-bond donors (Lipinski definition) is 1. The fourth-order valence-electron chi connectivity index (χ4n) is 3.88. The largest absolute Gasteiger partial charge is 0.381 e. The van der Waals surface area contributed by atoms with Crippen LogP contribution in [0.15, 0.2) is 12.7 Å². The summed E-state index contributed by atoms with van der Waals surface area (Å²) in [5.74, 6) is 1.21. The van der Waals surface area contributed by atoms with E-state index in [-0.39, 0.29) is 11.9 Å².